The van der Waals surface area contributed by atoms with Crippen LogP contribution in [0, 0.1) is 0 Å². The molecule has 0 amide bonds. The number of hydrogen-bond donors (Lipinski definition) is 1. The molecule has 0 bridgehead atoms. The lowest BCUT2D eigenvalue weighted by Gasteiger charge is -1.98. The van der Waals surface area contributed by atoms with Gasteiger partial charge in [0.2, 0.25) is 0 Å². The molecule has 3 rings (SSSR count). The van der Waals surface area contributed by atoms with Crippen LogP contribution in [0.15, 0.2) is 47.1 Å². The third kappa shape index (κ3) is 1.32. The largest absolute Gasteiger partial charge is 0.380 e. The molecule has 0 aliphatic heterocycles. The molecule has 1 aromatic carbocycles. The van der Waals surface area contributed by atoms with Crippen LogP contribution in [0.2, 0.25) is 0 Å². The molecule has 0 atom stereocenters. The number of fused-ring (bicyclic) bond motifs is 1. The molecule has 0 unspecified atom stereocenters. The maximum absolute atomic E-state index is 5.64. The normalized spacial score (nSPS) is 10.8. The predicted octanol–water partition coefficient (Wildman–Crippen LogP) is 2.47. The van der Waals surface area contributed by atoms with Crippen molar-refractivity contribution in [3.63, 3.8) is 0 Å². The van der Waals surface area contributed by atoms with E-state index in [0.29, 0.717) is 11.4 Å². The van der Waals surface area contributed by atoms with Crippen LogP contribution in [0.5, 0.6) is 0 Å². The molecule has 0 radical (unpaired) electrons. The van der Waals surface area contributed by atoms with Crippen LogP contribution in [-0.2, 0) is 0 Å². The standard InChI is InChI=1S/C12H9N3O/c13-12-9-5-4-8(7-11(9)16-15-12)10-3-1-2-6-14-10/h1-7H,(H2,13,15). The molecule has 16 heavy (non-hydrogen) atoms. The van der Waals surface area contributed by atoms with Gasteiger partial charge in [0.1, 0.15) is 0 Å². The summed E-state index contributed by atoms with van der Waals surface area (Å²) in [5.41, 5.74) is 8.22. The molecule has 2 N–H and O–H groups in total. The number of nitrogens with zero attached hydrogens (tertiary/aromatic N) is 2. The van der Waals surface area contributed by atoms with E-state index in [4.69, 9.17) is 10.3 Å². The predicted molar refractivity (Wildman–Crippen MR) is 61.7 cm³/mol. The molecule has 0 saturated heterocycles. The van der Waals surface area contributed by atoms with Gasteiger partial charge >= 0.3 is 0 Å². The first-order valence-electron chi connectivity index (χ1n) is 4.91. The lowest BCUT2D eigenvalue weighted by molar-refractivity contribution is 0.460. The van der Waals surface area contributed by atoms with Gasteiger partial charge < -0.3 is 10.3 Å². The zero-order valence-electron chi connectivity index (χ0n) is 8.42. The van der Waals surface area contributed by atoms with Crippen molar-refractivity contribution in [1.29, 1.82) is 0 Å². The second-order valence-corrected chi connectivity index (χ2v) is 3.49. The summed E-state index contributed by atoms with van der Waals surface area (Å²) in [6.45, 7) is 0. The summed E-state index contributed by atoms with van der Waals surface area (Å²) in [6, 6.07) is 11.5. The van der Waals surface area contributed by atoms with Crippen molar-refractivity contribution in [3.8, 4) is 11.3 Å². The molecule has 2 aromatic heterocycles. The van der Waals surface area contributed by atoms with Crippen molar-refractivity contribution >= 4 is 16.8 Å². The summed E-state index contributed by atoms with van der Waals surface area (Å²) in [7, 11) is 0. The van der Waals surface area contributed by atoms with Crippen LogP contribution in [0.25, 0.3) is 22.2 Å². The number of hydrogen-bond acceptors (Lipinski definition) is 4. The van der Waals surface area contributed by atoms with Crippen molar-refractivity contribution in [1.82, 2.24) is 10.1 Å². The van der Waals surface area contributed by atoms with Crippen LogP contribution >= 0.6 is 0 Å². The number of nitrogen functional groups attached to an aromatic ring is 1. The van der Waals surface area contributed by atoms with Crippen LogP contribution in [-0.4, -0.2) is 10.1 Å². The molecule has 3 aromatic rings. The minimum atomic E-state index is 0.419. The fraction of sp³-hybridized carbons (Fsp3) is 0. The van der Waals surface area contributed by atoms with Crippen molar-refractivity contribution in [2.45, 2.75) is 0 Å². The van der Waals surface area contributed by atoms with Gasteiger partial charge in [0.05, 0.1) is 11.1 Å². The maximum atomic E-state index is 5.64. The van der Waals surface area contributed by atoms with E-state index >= 15 is 0 Å². The zero-order valence-corrected chi connectivity index (χ0v) is 8.42. The van der Waals surface area contributed by atoms with E-state index in [1.54, 1.807) is 6.20 Å². The Hall–Kier alpha value is -2.36. The van der Waals surface area contributed by atoms with Gasteiger partial charge in [0, 0.05) is 11.8 Å². The van der Waals surface area contributed by atoms with Crippen LogP contribution < -0.4 is 5.73 Å². The van der Waals surface area contributed by atoms with E-state index in [2.05, 4.69) is 10.1 Å². The highest BCUT2D eigenvalue weighted by molar-refractivity contribution is 5.89. The molecular formula is C12H9N3O. The van der Waals surface area contributed by atoms with Crippen molar-refractivity contribution in [2.75, 3.05) is 5.73 Å². The minimum absolute atomic E-state index is 0.419. The van der Waals surface area contributed by atoms with E-state index in [-0.39, 0.29) is 0 Å². The molecule has 0 aliphatic carbocycles. The number of pyridine rings is 1. The minimum Gasteiger partial charge on any atom is -0.380 e. The first-order valence-corrected chi connectivity index (χ1v) is 4.91. The first kappa shape index (κ1) is 8.91. The Balaban J connectivity index is 2.19. The number of nitrogens with two attached hydrogens (primary N) is 1. The van der Waals surface area contributed by atoms with Gasteiger partial charge in [-0.05, 0) is 24.3 Å². The summed E-state index contributed by atoms with van der Waals surface area (Å²) in [6.07, 6.45) is 1.76. The molecule has 78 valence electrons. The third-order valence-corrected chi connectivity index (χ3v) is 2.46. The monoisotopic (exact) mass is 211 g/mol. The quantitative estimate of drug-likeness (QED) is 0.671. The maximum Gasteiger partial charge on any atom is 0.174 e. The topological polar surface area (TPSA) is 64.9 Å². The summed E-state index contributed by atoms with van der Waals surface area (Å²) in [5, 5.41) is 4.55. The molecule has 0 aliphatic rings. The molecule has 2 heterocycles. The SMILES string of the molecule is Nc1noc2cc(-c3ccccn3)ccc12. The fourth-order valence-electron chi connectivity index (χ4n) is 1.65. The fourth-order valence-corrected chi connectivity index (χ4v) is 1.65. The summed E-state index contributed by atoms with van der Waals surface area (Å²) in [5.74, 6) is 0.419. The van der Waals surface area contributed by atoms with Gasteiger partial charge in [-0.25, -0.2) is 0 Å². The van der Waals surface area contributed by atoms with Gasteiger partial charge in [0.25, 0.3) is 0 Å². The highest BCUT2D eigenvalue weighted by Crippen LogP contribution is 2.25. The molecule has 0 spiro atoms. The Bertz CT molecular complexity index is 631. The van der Waals surface area contributed by atoms with Gasteiger partial charge in [0.15, 0.2) is 11.4 Å². The highest BCUT2D eigenvalue weighted by atomic mass is 16.5. The highest BCUT2D eigenvalue weighted by Gasteiger charge is 2.06. The van der Waals surface area contributed by atoms with Gasteiger partial charge in [-0.2, -0.15) is 0 Å². The lowest BCUT2D eigenvalue weighted by atomic mass is 10.1. The Labute approximate surface area is 91.7 Å². The van der Waals surface area contributed by atoms with Crippen LogP contribution in [0.3, 0.4) is 0 Å². The lowest BCUT2D eigenvalue weighted by Crippen LogP contribution is -1.84. The summed E-state index contributed by atoms with van der Waals surface area (Å²) >= 11 is 0. The zero-order chi connectivity index (χ0) is 11.0. The molecular weight excluding hydrogens is 202 g/mol. The summed E-state index contributed by atoms with van der Waals surface area (Å²) in [4.78, 5) is 4.27. The number of aromatic nitrogens is 2. The number of benzene rings is 1. The Kier molecular flexibility index (Phi) is 1.86. The Morgan fingerprint density at radius 1 is 1.12 bits per heavy atom. The van der Waals surface area contributed by atoms with Crippen molar-refractivity contribution in [2.24, 2.45) is 0 Å². The number of rotatable bonds is 1. The average Bonchev–Trinajstić information content (AvgIpc) is 2.72. The molecule has 4 heteroatoms. The smallest absolute Gasteiger partial charge is 0.174 e. The van der Waals surface area contributed by atoms with Gasteiger partial charge in [-0.1, -0.05) is 17.3 Å². The second-order valence-electron chi connectivity index (χ2n) is 3.49. The van der Waals surface area contributed by atoms with E-state index in [0.717, 1.165) is 16.6 Å². The van der Waals surface area contributed by atoms with Gasteiger partial charge in [-0.15, -0.1) is 0 Å². The van der Waals surface area contributed by atoms with E-state index in [9.17, 15) is 0 Å². The first-order chi connectivity index (χ1) is 7.84. The van der Waals surface area contributed by atoms with Gasteiger partial charge in [-0.3, -0.25) is 4.98 Å². The van der Waals surface area contributed by atoms with E-state index in [1.807, 2.05) is 36.4 Å². The average molecular weight is 211 g/mol. The second kappa shape index (κ2) is 3.34. The Morgan fingerprint density at radius 2 is 2.06 bits per heavy atom. The van der Waals surface area contributed by atoms with E-state index in [1.165, 1.54) is 0 Å². The van der Waals surface area contributed by atoms with Crippen molar-refractivity contribution < 1.29 is 4.52 Å². The Morgan fingerprint density at radius 3 is 2.88 bits per heavy atom. The molecule has 0 saturated carbocycles. The van der Waals surface area contributed by atoms with Crippen LogP contribution in [0.1, 0.15) is 0 Å². The van der Waals surface area contributed by atoms with Crippen LogP contribution in [0.4, 0.5) is 5.82 Å². The summed E-state index contributed by atoms with van der Waals surface area (Å²) < 4.78 is 5.11. The van der Waals surface area contributed by atoms with Crippen molar-refractivity contribution in [3.05, 3.63) is 42.6 Å². The van der Waals surface area contributed by atoms with E-state index < -0.39 is 0 Å². The molecule has 4 nitrogen and oxygen atoms in total. The third-order valence-electron chi connectivity index (χ3n) is 2.46. The number of anilines is 1. The molecule has 0 fully saturated rings.